The zero-order valence-electron chi connectivity index (χ0n) is 13.4. The van der Waals surface area contributed by atoms with Crippen LogP contribution in [0.25, 0.3) is 0 Å². The average molecular weight is 371 g/mol. The minimum absolute atomic E-state index is 0. The highest BCUT2D eigenvalue weighted by molar-refractivity contribution is 6.03. The van der Waals surface area contributed by atoms with Crippen LogP contribution < -0.4 is 16.4 Å². The first kappa shape index (κ1) is 20.5. The number of nitrogens with one attached hydrogen (secondary N) is 2. The summed E-state index contributed by atoms with van der Waals surface area (Å²) in [5, 5.41) is 6.32. The molecule has 1 aromatic heterocycles. The van der Waals surface area contributed by atoms with Crippen molar-refractivity contribution in [1.82, 2.24) is 9.88 Å². The summed E-state index contributed by atoms with van der Waals surface area (Å²) in [5.41, 5.74) is 8.15. The van der Waals surface area contributed by atoms with Gasteiger partial charge in [0.1, 0.15) is 5.69 Å². The number of hydrogen-bond acceptors (Lipinski definition) is 3. The number of nitrogens with zero attached hydrogens (tertiary/aromatic N) is 1. The molecule has 1 aliphatic rings. The molecule has 1 amide bonds. The first-order valence-corrected chi connectivity index (χ1v) is 7.76. The highest BCUT2D eigenvalue weighted by atomic mass is 35.5. The second-order valence-corrected chi connectivity index (χ2v) is 5.64. The quantitative estimate of drug-likeness (QED) is 0.774. The molecule has 7 heteroatoms. The number of anilines is 1. The topological polar surface area (TPSA) is 72.1 Å². The van der Waals surface area contributed by atoms with Gasteiger partial charge in [-0.05, 0) is 55.8 Å². The zero-order chi connectivity index (χ0) is 15.4. The monoisotopic (exact) mass is 370 g/mol. The van der Waals surface area contributed by atoms with Crippen molar-refractivity contribution in [3.63, 3.8) is 0 Å². The predicted octanol–water partition coefficient (Wildman–Crippen LogP) is 2.97. The van der Waals surface area contributed by atoms with E-state index >= 15 is 0 Å². The van der Waals surface area contributed by atoms with E-state index in [1.165, 1.54) is 0 Å². The number of piperidine rings is 1. The molecule has 0 radical (unpaired) electrons. The van der Waals surface area contributed by atoms with E-state index in [1.807, 2.05) is 42.6 Å². The number of nitrogens with two attached hydrogens (primary N) is 1. The SMILES string of the molecule is Cl.Cl.NCc1cccc(NC(=O)c2cccn2C2CCNCC2)c1. The van der Waals surface area contributed by atoms with Gasteiger partial charge >= 0.3 is 0 Å². The third kappa shape index (κ3) is 4.74. The van der Waals surface area contributed by atoms with E-state index in [2.05, 4.69) is 15.2 Å². The van der Waals surface area contributed by atoms with Crippen LogP contribution in [0.2, 0.25) is 0 Å². The minimum Gasteiger partial charge on any atom is -0.340 e. The van der Waals surface area contributed by atoms with Crippen molar-refractivity contribution in [2.75, 3.05) is 18.4 Å². The van der Waals surface area contributed by atoms with Gasteiger partial charge in [0.05, 0.1) is 0 Å². The second kappa shape index (κ2) is 9.69. The molecule has 0 unspecified atom stereocenters. The molecule has 3 rings (SSSR count). The molecule has 0 atom stereocenters. The first-order valence-electron chi connectivity index (χ1n) is 7.76. The van der Waals surface area contributed by atoms with Gasteiger partial charge in [0.15, 0.2) is 0 Å². The Labute approximate surface area is 154 Å². The molecular formula is C17H24Cl2N4O. The molecule has 4 N–H and O–H groups in total. The van der Waals surface area contributed by atoms with Gasteiger partial charge < -0.3 is 20.9 Å². The van der Waals surface area contributed by atoms with Crippen molar-refractivity contribution in [3.8, 4) is 0 Å². The molecule has 0 aliphatic carbocycles. The van der Waals surface area contributed by atoms with Gasteiger partial charge in [0.2, 0.25) is 0 Å². The van der Waals surface area contributed by atoms with Crippen LogP contribution in [0.4, 0.5) is 5.69 Å². The Morgan fingerprint density at radius 3 is 2.67 bits per heavy atom. The Bertz CT molecular complexity index is 654. The number of halogens is 2. The van der Waals surface area contributed by atoms with Gasteiger partial charge in [-0.25, -0.2) is 0 Å². The third-order valence-electron chi connectivity index (χ3n) is 4.13. The van der Waals surface area contributed by atoms with Gasteiger partial charge in [-0.2, -0.15) is 0 Å². The highest BCUT2D eigenvalue weighted by Crippen LogP contribution is 2.22. The molecule has 0 saturated carbocycles. The van der Waals surface area contributed by atoms with Crippen molar-refractivity contribution in [2.24, 2.45) is 5.73 Å². The highest BCUT2D eigenvalue weighted by Gasteiger charge is 2.19. The smallest absolute Gasteiger partial charge is 0.272 e. The maximum atomic E-state index is 12.6. The van der Waals surface area contributed by atoms with E-state index in [9.17, 15) is 4.79 Å². The van der Waals surface area contributed by atoms with Crippen LogP contribution in [0.1, 0.15) is 34.9 Å². The van der Waals surface area contributed by atoms with E-state index in [0.29, 0.717) is 18.3 Å². The molecule has 24 heavy (non-hydrogen) atoms. The molecule has 2 aromatic rings. The standard InChI is InChI=1S/C17H22N4O.2ClH/c18-12-13-3-1-4-14(11-13)20-17(22)16-5-2-10-21(16)15-6-8-19-9-7-15;;/h1-5,10-11,15,19H,6-9,12,18H2,(H,20,22);2*1H. The molecule has 0 bridgehead atoms. The van der Waals surface area contributed by atoms with Crippen LogP contribution in [0, 0.1) is 0 Å². The van der Waals surface area contributed by atoms with Crippen molar-refractivity contribution in [3.05, 3.63) is 53.9 Å². The maximum Gasteiger partial charge on any atom is 0.272 e. The van der Waals surface area contributed by atoms with Crippen LogP contribution in [0.3, 0.4) is 0 Å². The Balaban J connectivity index is 0.00000144. The fourth-order valence-electron chi connectivity index (χ4n) is 2.96. The lowest BCUT2D eigenvalue weighted by Crippen LogP contribution is -2.31. The largest absolute Gasteiger partial charge is 0.340 e. The summed E-state index contributed by atoms with van der Waals surface area (Å²) in [6.07, 6.45) is 4.11. The zero-order valence-corrected chi connectivity index (χ0v) is 15.0. The van der Waals surface area contributed by atoms with Crippen LogP contribution >= 0.6 is 24.8 Å². The Morgan fingerprint density at radius 1 is 1.21 bits per heavy atom. The van der Waals surface area contributed by atoms with Gasteiger partial charge in [0.25, 0.3) is 5.91 Å². The summed E-state index contributed by atoms with van der Waals surface area (Å²) in [4.78, 5) is 12.6. The fourth-order valence-corrected chi connectivity index (χ4v) is 2.96. The number of hydrogen-bond donors (Lipinski definition) is 3. The number of amides is 1. The maximum absolute atomic E-state index is 12.6. The van der Waals surface area contributed by atoms with Crippen molar-refractivity contribution in [2.45, 2.75) is 25.4 Å². The van der Waals surface area contributed by atoms with Gasteiger partial charge in [0, 0.05) is 24.5 Å². The molecule has 1 aliphatic heterocycles. The molecule has 1 fully saturated rings. The number of carbonyl (C=O) groups excluding carboxylic acids is 1. The second-order valence-electron chi connectivity index (χ2n) is 5.64. The number of rotatable bonds is 4. The summed E-state index contributed by atoms with van der Waals surface area (Å²) in [7, 11) is 0. The summed E-state index contributed by atoms with van der Waals surface area (Å²) in [5.74, 6) is -0.0716. The number of benzene rings is 1. The lowest BCUT2D eigenvalue weighted by atomic mass is 10.1. The molecule has 5 nitrogen and oxygen atoms in total. The lowest BCUT2D eigenvalue weighted by Gasteiger charge is -2.25. The van der Waals surface area contributed by atoms with Crippen molar-refractivity contribution in [1.29, 1.82) is 0 Å². The van der Waals surface area contributed by atoms with Gasteiger partial charge in [-0.15, -0.1) is 24.8 Å². The van der Waals surface area contributed by atoms with Crippen molar-refractivity contribution < 1.29 is 4.79 Å². The molecule has 0 spiro atoms. The first-order chi connectivity index (χ1) is 10.8. The number of aromatic nitrogens is 1. The van der Waals surface area contributed by atoms with Gasteiger partial charge in [-0.1, -0.05) is 12.1 Å². The van der Waals surface area contributed by atoms with E-state index in [0.717, 1.165) is 37.2 Å². The van der Waals surface area contributed by atoms with Crippen LogP contribution in [-0.4, -0.2) is 23.6 Å². The molecule has 1 saturated heterocycles. The fraction of sp³-hybridized carbons (Fsp3) is 0.353. The normalized spacial score (nSPS) is 14.4. The average Bonchev–Trinajstić information content (AvgIpc) is 3.05. The summed E-state index contributed by atoms with van der Waals surface area (Å²) < 4.78 is 2.10. The summed E-state index contributed by atoms with van der Waals surface area (Å²) >= 11 is 0. The van der Waals surface area contributed by atoms with Crippen LogP contribution in [0.15, 0.2) is 42.6 Å². The van der Waals surface area contributed by atoms with Crippen LogP contribution in [-0.2, 0) is 6.54 Å². The lowest BCUT2D eigenvalue weighted by molar-refractivity contribution is 0.101. The van der Waals surface area contributed by atoms with Gasteiger partial charge in [-0.3, -0.25) is 4.79 Å². The third-order valence-corrected chi connectivity index (χ3v) is 4.13. The van der Waals surface area contributed by atoms with E-state index in [1.54, 1.807) is 0 Å². The predicted molar refractivity (Wildman–Crippen MR) is 102 cm³/mol. The van der Waals surface area contributed by atoms with E-state index < -0.39 is 0 Å². The number of carbonyl (C=O) groups is 1. The van der Waals surface area contributed by atoms with E-state index in [4.69, 9.17) is 5.73 Å². The molecule has 132 valence electrons. The Kier molecular flexibility index (Phi) is 8.28. The molecular weight excluding hydrogens is 347 g/mol. The van der Waals surface area contributed by atoms with Crippen LogP contribution in [0.5, 0.6) is 0 Å². The summed E-state index contributed by atoms with van der Waals surface area (Å²) in [6.45, 7) is 2.47. The Hall–Kier alpha value is -1.53. The van der Waals surface area contributed by atoms with Crippen molar-refractivity contribution >= 4 is 36.4 Å². The molecule has 2 heterocycles. The minimum atomic E-state index is -0.0716. The Morgan fingerprint density at radius 2 is 1.96 bits per heavy atom. The van der Waals surface area contributed by atoms with E-state index in [-0.39, 0.29) is 30.7 Å². The summed E-state index contributed by atoms with van der Waals surface area (Å²) in [6, 6.07) is 11.9. The molecule has 1 aromatic carbocycles.